The molecule has 0 saturated carbocycles. The van der Waals surface area contributed by atoms with Crippen LogP contribution in [-0.2, 0) is 6.54 Å². The van der Waals surface area contributed by atoms with Crippen molar-refractivity contribution in [2.75, 3.05) is 13.1 Å². The SMILES string of the molecule is CCNC(=NCc1sc(C)nc1C)NCC(C)C.I. The number of thiazole rings is 1. The average Bonchev–Trinajstić information content (AvgIpc) is 2.61. The minimum Gasteiger partial charge on any atom is -0.357 e. The smallest absolute Gasteiger partial charge is 0.191 e. The van der Waals surface area contributed by atoms with Gasteiger partial charge in [0, 0.05) is 18.0 Å². The van der Waals surface area contributed by atoms with E-state index in [1.165, 1.54) is 4.88 Å². The highest BCUT2D eigenvalue weighted by Gasteiger charge is 2.05. The van der Waals surface area contributed by atoms with Crippen molar-refractivity contribution < 1.29 is 0 Å². The highest BCUT2D eigenvalue weighted by molar-refractivity contribution is 14.0. The number of rotatable bonds is 5. The van der Waals surface area contributed by atoms with Crippen LogP contribution in [0.25, 0.3) is 0 Å². The lowest BCUT2D eigenvalue weighted by Crippen LogP contribution is -2.39. The number of aryl methyl sites for hydroxylation is 2. The van der Waals surface area contributed by atoms with Crippen molar-refractivity contribution in [3.05, 3.63) is 15.6 Å². The molecule has 110 valence electrons. The predicted octanol–water partition coefficient (Wildman–Crippen LogP) is 3.09. The van der Waals surface area contributed by atoms with Gasteiger partial charge in [-0.15, -0.1) is 35.3 Å². The van der Waals surface area contributed by atoms with Crippen molar-refractivity contribution in [1.29, 1.82) is 0 Å². The van der Waals surface area contributed by atoms with Gasteiger partial charge in [-0.05, 0) is 26.7 Å². The quantitative estimate of drug-likeness (QED) is 0.457. The lowest BCUT2D eigenvalue weighted by Gasteiger charge is -2.12. The molecule has 4 nitrogen and oxygen atoms in total. The van der Waals surface area contributed by atoms with Crippen molar-refractivity contribution >= 4 is 41.3 Å². The van der Waals surface area contributed by atoms with E-state index < -0.39 is 0 Å². The third-order valence-electron chi connectivity index (χ3n) is 2.40. The first kappa shape index (κ1) is 18.6. The molecule has 0 saturated heterocycles. The fourth-order valence-corrected chi connectivity index (χ4v) is 2.38. The number of nitrogens with one attached hydrogen (secondary N) is 2. The van der Waals surface area contributed by atoms with Crippen molar-refractivity contribution in [1.82, 2.24) is 15.6 Å². The molecule has 1 aromatic rings. The van der Waals surface area contributed by atoms with Gasteiger partial charge in [0.15, 0.2) is 5.96 Å². The summed E-state index contributed by atoms with van der Waals surface area (Å²) in [5, 5.41) is 7.71. The zero-order valence-corrected chi connectivity index (χ0v) is 15.6. The summed E-state index contributed by atoms with van der Waals surface area (Å²) in [4.78, 5) is 10.3. The van der Waals surface area contributed by atoms with E-state index in [2.05, 4.69) is 41.4 Å². The van der Waals surface area contributed by atoms with Crippen LogP contribution in [-0.4, -0.2) is 24.0 Å². The van der Waals surface area contributed by atoms with Gasteiger partial charge in [0.25, 0.3) is 0 Å². The number of halogens is 1. The topological polar surface area (TPSA) is 49.3 Å². The summed E-state index contributed by atoms with van der Waals surface area (Å²) < 4.78 is 0. The molecule has 1 heterocycles. The molecule has 0 aromatic carbocycles. The lowest BCUT2D eigenvalue weighted by molar-refractivity contribution is 0.615. The van der Waals surface area contributed by atoms with Crippen LogP contribution >= 0.6 is 35.3 Å². The number of guanidine groups is 1. The second-order valence-electron chi connectivity index (χ2n) is 4.71. The lowest BCUT2D eigenvalue weighted by atomic mass is 10.2. The molecule has 19 heavy (non-hydrogen) atoms. The molecular formula is C13H25IN4S. The zero-order chi connectivity index (χ0) is 13.5. The van der Waals surface area contributed by atoms with Gasteiger partial charge in [-0.1, -0.05) is 13.8 Å². The highest BCUT2D eigenvalue weighted by atomic mass is 127. The molecular weight excluding hydrogens is 371 g/mol. The molecule has 1 rings (SSSR count). The summed E-state index contributed by atoms with van der Waals surface area (Å²) in [6.45, 7) is 13.0. The molecule has 1 aromatic heterocycles. The van der Waals surface area contributed by atoms with Crippen molar-refractivity contribution in [3.8, 4) is 0 Å². The van der Waals surface area contributed by atoms with Crippen LogP contribution in [0.3, 0.4) is 0 Å². The second kappa shape index (κ2) is 9.52. The van der Waals surface area contributed by atoms with Crippen LogP contribution in [0, 0.1) is 19.8 Å². The Morgan fingerprint density at radius 3 is 2.47 bits per heavy atom. The van der Waals surface area contributed by atoms with E-state index in [0.29, 0.717) is 12.5 Å². The van der Waals surface area contributed by atoms with E-state index in [4.69, 9.17) is 0 Å². The third-order valence-corrected chi connectivity index (χ3v) is 3.46. The van der Waals surface area contributed by atoms with Gasteiger partial charge in [-0.2, -0.15) is 0 Å². The van der Waals surface area contributed by atoms with Gasteiger partial charge in [-0.3, -0.25) is 0 Å². The van der Waals surface area contributed by atoms with Crippen LogP contribution in [0.5, 0.6) is 0 Å². The fraction of sp³-hybridized carbons (Fsp3) is 0.692. The number of nitrogens with zero attached hydrogens (tertiary/aromatic N) is 2. The van der Waals surface area contributed by atoms with Gasteiger partial charge in [0.2, 0.25) is 0 Å². The fourth-order valence-electron chi connectivity index (χ4n) is 1.51. The molecule has 0 radical (unpaired) electrons. The Kier molecular flexibility index (Phi) is 9.34. The Bertz CT molecular complexity index is 401. The normalized spacial score (nSPS) is 11.4. The Morgan fingerprint density at radius 2 is 2.00 bits per heavy atom. The van der Waals surface area contributed by atoms with Gasteiger partial charge in [-0.25, -0.2) is 9.98 Å². The third kappa shape index (κ3) is 7.10. The highest BCUT2D eigenvalue weighted by Crippen LogP contribution is 2.17. The number of aromatic nitrogens is 1. The van der Waals surface area contributed by atoms with Gasteiger partial charge >= 0.3 is 0 Å². The minimum absolute atomic E-state index is 0. The average molecular weight is 396 g/mol. The maximum absolute atomic E-state index is 4.59. The van der Waals surface area contributed by atoms with Crippen LogP contribution in [0.1, 0.15) is 36.3 Å². The van der Waals surface area contributed by atoms with Gasteiger partial charge < -0.3 is 10.6 Å². The Labute approximate surface area is 137 Å². The summed E-state index contributed by atoms with van der Waals surface area (Å²) in [6.07, 6.45) is 0. The number of hydrogen-bond donors (Lipinski definition) is 2. The molecule has 2 N–H and O–H groups in total. The molecule has 0 aliphatic carbocycles. The summed E-state index contributed by atoms with van der Waals surface area (Å²) in [6, 6.07) is 0. The van der Waals surface area contributed by atoms with Crippen LogP contribution in [0.4, 0.5) is 0 Å². The maximum atomic E-state index is 4.59. The maximum Gasteiger partial charge on any atom is 0.191 e. The summed E-state index contributed by atoms with van der Waals surface area (Å²) in [5.74, 6) is 1.50. The van der Waals surface area contributed by atoms with Crippen molar-refractivity contribution in [3.63, 3.8) is 0 Å². The standard InChI is InChI=1S/C13H24N4S.HI/c1-6-14-13(15-7-9(2)3)16-8-12-10(4)17-11(5)18-12;/h9H,6-8H2,1-5H3,(H2,14,15,16);1H. The van der Waals surface area contributed by atoms with E-state index in [0.717, 1.165) is 29.8 Å². The zero-order valence-electron chi connectivity index (χ0n) is 12.4. The van der Waals surface area contributed by atoms with E-state index in [-0.39, 0.29) is 24.0 Å². The Morgan fingerprint density at radius 1 is 1.32 bits per heavy atom. The van der Waals surface area contributed by atoms with E-state index >= 15 is 0 Å². The number of hydrogen-bond acceptors (Lipinski definition) is 3. The van der Waals surface area contributed by atoms with Gasteiger partial charge in [0.05, 0.1) is 17.2 Å². The van der Waals surface area contributed by atoms with Gasteiger partial charge in [0.1, 0.15) is 0 Å². The molecule has 0 spiro atoms. The molecule has 0 unspecified atom stereocenters. The first-order valence-corrected chi connectivity index (χ1v) is 7.29. The molecule has 0 aliphatic heterocycles. The molecule has 0 bridgehead atoms. The minimum atomic E-state index is 0. The van der Waals surface area contributed by atoms with Crippen LogP contribution < -0.4 is 10.6 Å². The van der Waals surface area contributed by atoms with Crippen LogP contribution in [0.2, 0.25) is 0 Å². The van der Waals surface area contributed by atoms with Crippen molar-refractivity contribution in [2.24, 2.45) is 10.9 Å². The first-order valence-electron chi connectivity index (χ1n) is 6.48. The predicted molar refractivity (Wildman–Crippen MR) is 94.7 cm³/mol. The second-order valence-corrected chi connectivity index (χ2v) is 6.00. The Balaban J connectivity index is 0.00000324. The molecule has 0 aliphatic rings. The summed E-state index contributed by atoms with van der Waals surface area (Å²) >= 11 is 1.73. The first-order chi connectivity index (χ1) is 8.52. The monoisotopic (exact) mass is 396 g/mol. The Hall–Kier alpha value is -0.370. The largest absolute Gasteiger partial charge is 0.357 e. The van der Waals surface area contributed by atoms with E-state index in [1.807, 2.05) is 13.8 Å². The molecule has 0 atom stereocenters. The molecule has 0 fully saturated rings. The molecule has 6 heteroatoms. The molecule has 0 amide bonds. The summed E-state index contributed by atoms with van der Waals surface area (Å²) in [5.41, 5.74) is 1.10. The summed E-state index contributed by atoms with van der Waals surface area (Å²) in [7, 11) is 0. The van der Waals surface area contributed by atoms with Crippen molar-refractivity contribution in [2.45, 2.75) is 41.2 Å². The van der Waals surface area contributed by atoms with E-state index in [9.17, 15) is 0 Å². The van der Waals surface area contributed by atoms with E-state index in [1.54, 1.807) is 11.3 Å². The van der Waals surface area contributed by atoms with Crippen LogP contribution in [0.15, 0.2) is 4.99 Å². The number of aliphatic imine (C=N–C) groups is 1.